The second-order valence-corrected chi connectivity index (χ2v) is 8.45. The lowest BCUT2D eigenvalue weighted by Crippen LogP contribution is -2.45. The number of rotatable bonds is 5. The summed E-state index contributed by atoms with van der Waals surface area (Å²) in [5.41, 5.74) is 5.06. The Kier molecular flexibility index (Phi) is 7.57. The Hall–Kier alpha value is -1.93. The smallest absolute Gasteiger partial charge is 0.340 e. The molecular formula is C19H26BrNO6. The molecular weight excluding hydrogens is 418 g/mol. The summed E-state index contributed by atoms with van der Waals surface area (Å²) in [6, 6.07) is 2.91. The van der Waals surface area contributed by atoms with Crippen molar-refractivity contribution in [2.24, 2.45) is 5.73 Å². The first-order valence-corrected chi connectivity index (χ1v) is 9.48. The predicted molar refractivity (Wildman–Crippen MR) is 104 cm³/mol. The van der Waals surface area contributed by atoms with E-state index >= 15 is 0 Å². The lowest BCUT2D eigenvalue weighted by Gasteiger charge is -2.22. The first-order valence-electron chi connectivity index (χ1n) is 8.36. The van der Waals surface area contributed by atoms with E-state index in [1.165, 1.54) is 12.1 Å². The molecule has 0 radical (unpaired) electrons. The standard InChI is InChI=1S/C19H26BrNO6/c1-18(2,3)26-15(22)13-9-12(8-7-11(13)10-20)25-16(23)14(21)17(24)27-19(4,5)6/h7-9,14H,10,21H2,1-6H3. The molecule has 1 rings (SSSR count). The fourth-order valence-electron chi connectivity index (χ4n) is 1.90. The van der Waals surface area contributed by atoms with E-state index in [0.29, 0.717) is 10.9 Å². The van der Waals surface area contributed by atoms with E-state index in [-0.39, 0.29) is 11.3 Å². The summed E-state index contributed by atoms with van der Waals surface area (Å²) in [5, 5.41) is 0.410. The van der Waals surface area contributed by atoms with Crippen LogP contribution < -0.4 is 10.5 Å². The van der Waals surface area contributed by atoms with E-state index < -0.39 is 35.2 Å². The average Bonchev–Trinajstić information content (AvgIpc) is 2.50. The van der Waals surface area contributed by atoms with Crippen molar-refractivity contribution in [1.29, 1.82) is 0 Å². The minimum Gasteiger partial charge on any atom is -0.458 e. The van der Waals surface area contributed by atoms with E-state index in [9.17, 15) is 14.4 Å². The molecule has 0 aliphatic rings. The van der Waals surface area contributed by atoms with Gasteiger partial charge in [0.1, 0.15) is 17.0 Å². The number of hydrogen-bond donors (Lipinski definition) is 1. The molecule has 0 saturated heterocycles. The van der Waals surface area contributed by atoms with Crippen LogP contribution in [0.1, 0.15) is 57.5 Å². The van der Waals surface area contributed by atoms with Gasteiger partial charge in [0.15, 0.2) is 0 Å². The van der Waals surface area contributed by atoms with Crippen molar-refractivity contribution >= 4 is 33.8 Å². The minimum absolute atomic E-state index is 0.0737. The summed E-state index contributed by atoms with van der Waals surface area (Å²) in [7, 11) is 0. The molecule has 1 unspecified atom stereocenters. The van der Waals surface area contributed by atoms with Crippen molar-refractivity contribution in [3.63, 3.8) is 0 Å². The summed E-state index contributed by atoms with van der Waals surface area (Å²) < 4.78 is 15.6. The number of hydrogen-bond acceptors (Lipinski definition) is 7. The minimum atomic E-state index is -1.59. The van der Waals surface area contributed by atoms with Gasteiger partial charge in [-0.05, 0) is 59.2 Å². The first kappa shape index (κ1) is 23.1. The SMILES string of the molecule is CC(C)(C)OC(=O)c1cc(OC(=O)C(N)C(=O)OC(C)(C)C)ccc1CBr. The molecule has 0 aliphatic heterocycles. The van der Waals surface area contributed by atoms with Crippen LogP contribution in [0.3, 0.4) is 0 Å². The fourth-order valence-corrected chi connectivity index (χ4v) is 2.39. The van der Waals surface area contributed by atoms with Gasteiger partial charge in [0.2, 0.25) is 6.04 Å². The third-order valence-corrected chi connectivity index (χ3v) is 3.58. The van der Waals surface area contributed by atoms with Crippen molar-refractivity contribution in [2.45, 2.75) is 64.1 Å². The van der Waals surface area contributed by atoms with Gasteiger partial charge in [-0.3, -0.25) is 0 Å². The van der Waals surface area contributed by atoms with Crippen LogP contribution in [0.25, 0.3) is 0 Å². The maximum Gasteiger partial charge on any atom is 0.340 e. The zero-order valence-corrected chi connectivity index (χ0v) is 18.0. The third kappa shape index (κ3) is 7.68. The van der Waals surface area contributed by atoms with Crippen molar-refractivity contribution in [2.75, 3.05) is 0 Å². The molecule has 0 aromatic heterocycles. The molecule has 150 valence electrons. The van der Waals surface area contributed by atoms with Crippen LogP contribution in [0, 0.1) is 0 Å². The first-order chi connectivity index (χ1) is 12.2. The lowest BCUT2D eigenvalue weighted by molar-refractivity contribution is -0.161. The Morgan fingerprint density at radius 1 is 1.00 bits per heavy atom. The van der Waals surface area contributed by atoms with Gasteiger partial charge in [-0.25, -0.2) is 14.4 Å². The number of alkyl halides is 1. The second-order valence-electron chi connectivity index (χ2n) is 7.89. The monoisotopic (exact) mass is 443 g/mol. The highest BCUT2D eigenvalue weighted by atomic mass is 79.9. The normalized spacial score (nSPS) is 12.9. The highest BCUT2D eigenvalue weighted by Gasteiger charge is 2.30. The molecule has 0 amide bonds. The number of benzene rings is 1. The Morgan fingerprint density at radius 2 is 1.56 bits per heavy atom. The molecule has 0 aliphatic carbocycles. The number of nitrogens with two attached hydrogens (primary N) is 1. The molecule has 27 heavy (non-hydrogen) atoms. The Balaban J connectivity index is 2.98. The summed E-state index contributed by atoms with van der Waals surface area (Å²) in [5.74, 6) is -2.35. The zero-order valence-electron chi connectivity index (χ0n) is 16.4. The molecule has 0 heterocycles. The van der Waals surface area contributed by atoms with Crippen LogP contribution in [0.4, 0.5) is 0 Å². The van der Waals surface area contributed by atoms with Crippen LogP contribution in [-0.4, -0.2) is 35.2 Å². The van der Waals surface area contributed by atoms with Crippen LogP contribution in [-0.2, 0) is 24.4 Å². The topological polar surface area (TPSA) is 105 Å². The largest absolute Gasteiger partial charge is 0.458 e. The Labute approximate surface area is 167 Å². The molecule has 7 nitrogen and oxygen atoms in total. The number of halogens is 1. The quantitative estimate of drug-likeness (QED) is 0.322. The van der Waals surface area contributed by atoms with Crippen LogP contribution in [0.2, 0.25) is 0 Å². The zero-order chi connectivity index (χ0) is 21.0. The van der Waals surface area contributed by atoms with Crippen molar-refractivity contribution in [3.8, 4) is 5.75 Å². The summed E-state index contributed by atoms with van der Waals surface area (Å²) >= 11 is 3.31. The van der Waals surface area contributed by atoms with Gasteiger partial charge in [-0.1, -0.05) is 22.0 Å². The summed E-state index contributed by atoms with van der Waals surface area (Å²) in [6.45, 7) is 10.2. The molecule has 0 saturated carbocycles. The van der Waals surface area contributed by atoms with Gasteiger partial charge in [0, 0.05) is 5.33 Å². The Morgan fingerprint density at radius 3 is 2.04 bits per heavy atom. The van der Waals surface area contributed by atoms with Gasteiger partial charge in [-0.2, -0.15) is 0 Å². The maximum absolute atomic E-state index is 12.4. The Bertz CT molecular complexity index is 718. The van der Waals surface area contributed by atoms with Gasteiger partial charge >= 0.3 is 17.9 Å². The molecule has 1 atom stereocenters. The second kappa shape index (κ2) is 8.84. The number of esters is 3. The van der Waals surface area contributed by atoms with E-state index in [0.717, 1.165) is 0 Å². The predicted octanol–water partition coefficient (Wildman–Crippen LogP) is 3.11. The maximum atomic E-state index is 12.4. The van der Waals surface area contributed by atoms with E-state index in [2.05, 4.69) is 15.9 Å². The molecule has 8 heteroatoms. The van der Waals surface area contributed by atoms with Crippen LogP contribution >= 0.6 is 15.9 Å². The number of carbonyl (C=O) groups excluding carboxylic acids is 3. The van der Waals surface area contributed by atoms with Crippen LogP contribution in [0.15, 0.2) is 18.2 Å². The van der Waals surface area contributed by atoms with E-state index in [1.807, 2.05) is 0 Å². The van der Waals surface area contributed by atoms with E-state index in [4.69, 9.17) is 19.9 Å². The van der Waals surface area contributed by atoms with Gasteiger partial charge in [0.05, 0.1) is 5.56 Å². The van der Waals surface area contributed by atoms with Crippen LogP contribution in [0.5, 0.6) is 5.75 Å². The van der Waals surface area contributed by atoms with Crippen molar-refractivity contribution in [3.05, 3.63) is 29.3 Å². The molecule has 0 bridgehead atoms. The van der Waals surface area contributed by atoms with E-state index in [1.54, 1.807) is 47.6 Å². The highest BCUT2D eigenvalue weighted by molar-refractivity contribution is 9.08. The molecule has 0 spiro atoms. The fraction of sp³-hybridized carbons (Fsp3) is 0.526. The van der Waals surface area contributed by atoms with Crippen molar-refractivity contribution < 1.29 is 28.6 Å². The molecule has 2 N–H and O–H groups in total. The summed E-state index contributed by atoms with van der Waals surface area (Å²) in [6.07, 6.45) is 0. The molecule has 1 aromatic carbocycles. The number of ether oxygens (including phenoxy) is 3. The van der Waals surface area contributed by atoms with Crippen molar-refractivity contribution in [1.82, 2.24) is 0 Å². The average molecular weight is 444 g/mol. The lowest BCUT2D eigenvalue weighted by atomic mass is 10.1. The van der Waals surface area contributed by atoms with Gasteiger partial charge in [-0.15, -0.1) is 0 Å². The summed E-state index contributed by atoms with van der Waals surface area (Å²) in [4.78, 5) is 36.4. The molecule has 0 fully saturated rings. The van der Waals surface area contributed by atoms with Gasteiger partial charge < -0.3 is 19.9 Å². The third-order valence-electron chi connectivity index (χ3n) is 2.98. The highest BCUT2D eigenvalue weighted by Crippen LogP contribution is 2.23. The van der Waals surface area contributed by atoms with Gasteiger partial charge in [0.25, 0.3) is 0 Å². The molecule has 1 aromatic rings. The number of carbonyl (C=O) groups is 3.